The topological polar surface area (TPSA) is 64.1 Å². The third kappa shape index (κ3) is 1.36. The van der Waals surface area contributed by atoms with Gasteiger partial charge >= 0.3 is 0 Å². The zero-order chi connectivity index (χ0) is 9.31. The van der Waals surface area contributed by atoms with Gasteiger partial charge in [0.1, 0.15) is 0 Å². The van der Waals surface area contributed by atoms with Gasteiger partial charge in [0.05, 0.1) is 12.6 Å². The fourth-order valence-electron chi connectivity index (χ4n) is 1.98. The van der Waals surface area contributed by atoms with E-state index in [1.54, 1.807) is 6.20 Å². The normalized spacial score (nSPS) is 32.9. The molecule has 1 aromatic heterocycles. The molecular formula is C9H15N3O. The van der Waals surface area contributed by atoms with Crippen LogP contribution in [-0.2, 0) is 0 Å². The summed E-state index contributed by atoms with van der Waals surface area (Å²) in [4.78, 5) is 0. The molecule has 0 radical (unpaired) electrons. The minimum atomic E-state index is -0.0311. The van der Waals surface area contributed by atoms with Crippen molar-refractivity contribution >= 4 is 0 Å². The highest BCUT2D eigenvalue weighted by atomic mass is 16.3. The molecule has 1 saturated carbocycles. The first-order valence-electron chi connectivity index (χ1n) is 4.60. The Morgan fingerprint density at radius 1 is 1.62 bits per heavy atom. The summed E-state index contributed by atoms with van der Waals surface area (Å²) < 4.78 is 1.95. The van der Waals surface area contributed by atoms with Gasteiger partial charge in [0.25, 0.3) is 0 Å². The quantitative estimate of drug-likeness (QED) is 0.698. The van der Waals surface area contributed by atoms with Crippen LogP contribution in [-0.4, -0.2) is 28.0 Å². The van der Waals surface area contributed by atoms with Crippen LogP contribution in [0.15, 0.2) is 18.5 Å². The number of hydrogen-bond donors (Lipinski definition) is 2. The summed E-state index contributed by atoms with van der Waals surface area (Å²) >= 11 is 0. The number of aliphatic hydroxyl groups is 1. The predicted octanol–water partition coefficient (Wildman–Crippen LogP) is 0.155. The molecule has 1 heterocycles. The lowest BCUT2D eigenvalue weighted by atomic mass is 9.66. The Balaban J connectivity index is 1.98. The lowest BCUT2D eigenvalue weighted by Gasteiger charge is -2.45. The van der Waals surface area contributed by atoms with Crippen LogP contribution in [0.3, 0.4) is 0 Å². The smallest absolute Gasteiger partial charge is 0.0532 e. The molecule has 3 N–H and O–H groups in total. The molecule has 0 spiro atoms. The van der Waals surface area contributed by atoms with E-state index in [0.29, 0.717) is 12.6 Å². The van der Waals surface area contributed by atoms with Gasteiger partial charge in [0.15, 0.2) is 0 Å². The van der Waals surface area contributed by atoms with E-state index < -0.39 is 0 Å². The van der Waals surface area contributed by atoms with Crippen LogP contribution in [0.25, 0.3) is 0 Å². The highest BCUT2D eigenvalue weighted by Gasteiger charge is 2.43. The van der Waals surface area contributed by atoms with E-state index in [0.717, 1.165) is 12.8 Å². The summed E-state index contributed by atoms with van der Waals surface area (Å²) in [6.45, 7) is 0.766. The van der Waals surface area contributed by atoms with E-state index >= 15 is 0 Å². The van der Waals surface area contributed by atoms with Gasteiger partial charge in [0, 0.05) is 24.4 Å². The molecule has 1 aliphatic carbocycles. The predicted molar refractivity (Wildman–Crippen MR) is 49.1 cm³/mol. The molecule has 4 heteroatoms. The van der Waals surface area contributed by atoms with Crippen molar-refractivity contribution in [3.05, 3.63) is 18.5 Å². The van der Waals surface area contributed by atoms with Crippen molar-refractivity contribution in [2.24, 2.45) is 11.1 Å². The molecule has 0 unspecified atom stereocenters. The fraction of sp³-hybridized carbons (Fsp3) is 0.667. The Morgan fingerprint density at radius 2 is 2.38 bits per heavy atom. The second-order valence-electron chi connectivity index (χ2n) is 3.91. The highest BCUT2D eigenvalue weighted by Crippen LogP contribution is 2.46. The molecule has 1 aliphatic rings. The molecule has 0 saturated heterocycles. The van der Waals surface area contributed by atoms with Gasteiger partial charge < -0.3 is 10.8 Å². The van der Waals surface area contributed by atoms with Gasteiger partial charge in [-0.1, -0.05) is 0 Å². The van der Waals surface area contributed by atoms with E-state index in [1.165, 1.54) is 0 Å². The van der Waals surface area contributed by atoms with Gasteiger partial charge in [-0.05, 0) is 18.9 Å². The van der Waals surface area contributed by atoms with Gasteiger partial charge in [-0.15, -0.1) is 0 Å². The average molecular weight is 181 g/mol. The van der Waals surface area contributed by atoms with Crippen molar-refractivity contribution in [1.29, 1.82) is 0 Å². The van der Waals surface area contributed by atoms with Gasteiger partial charge in [-0.2, -0.15) is 5.10 Å². The van der Waals surface area contributed by atoms with E-state index in [9.17, 15) is 0 Å². The minimum absolute atomic E-state index is 0.0311. The van der Waals surface area contributed by atoms with Crippen LogP contribution >= 0.6 is 0 Å². The zero-order valence-corrected chi connectivity index (χ0v) is 7.56. The minimum Gasteiger partial charge on any atom is -0.396 e. The molecule has 0 atom stereocenters. The summed E-state index contributed by atoms with van der Waals surface area (Å²) in [5.74, 6) is 0. The molecule has 2 rings (SSSR count). The molecule has 1 aromatic rings. The second-order valence-corrected chi connectivity index (χ2v) is 3.91. The Morgan fingerprint density at radius 3 is 2.85 bits per heavy atom. The first-order chi connectivity index (χ1) is 6.29. The Labute approximate surface area is 77.4 Å². The monoisotopic (exact) mass is 181 g/mol. The van der Waals surface area contributed by atoms with Gasteiger partial charge in [0.2, 0.25) is 0 Å². The number of aromatic nitrogens is 2. The lowest BCUT2D eigenvalue weighted by molar-refractivity contribution is 0.00427. The van der Waals surface area contributed by atoms with Crippen LogP contribution in [0.5, 0.6) is 0 Å². The van der Waals surface area contributed by atoms with Crippen LogP contribution in [0, 0.1) is 5.41 Å². The summed E-state index contributed by atoms with van der Waals surface area (Å²) in [7, 11) is 0. The summed E-state index contributed by atoms with van der Waals surface area (Å²) in [5.41, 5.74) is 5.57. The number of nitrogens with two attached hydrogens (primary N) is 1. The zero-order valence-electron chi connectivity index (χ0n) is 7.56. The van der Waals surface area contributed by atoms with Crippen molar-refractivity contribution in [2.45, 2.75) is 18.9 Å². The Hall–Kier alpha value is -0.870. The Kier molecular flexibility index (Phi) is 2.09. The maximum absolute atomic E-state index is 9.14. The number of rotatable bonds is 3. The summed E-state index contributed by atoms with van der Waals surface area (Å²) in [6, 6.07) is 2.35. The SMILES string of the molecule is NCC1(CO)CC(n2cccn2)C1. The Bertz CT molecular complexity index is 258. The van der Waals surface area contributed by atoms with Crippen LogP contribution in [0.4, 0.5) is 0 Å². The van der Waals surface area contributed by atoms with Crippen molar-refractivity contribution in [3.63, 3.8) is 0 Å². The first kappa shape index (κ1) is 8.72. The van der Waals surface area contributed by atoms with E-state index in [-0.39, 0.29) is 12.0 Å². The molecule has 4 nitrogen and oxygen atoms in total. The number of nitrogens with zero attached hydrogens (tertiary/aromatic N) is 2. The summed E-state index contributed by atoms with van der Waals surface area (Å²) in [6.07, 6.45) is 5.63. The van der Waals surface area contributed by atoms with Crippen molar-refractivity contribution < 1.29 is 5.11 Å². The molecule has 0 aromatic carbocycles. The maximum Gasteiger partial charge on any atom is 0.0532 e. The van der Waals surface area contributed by atoms with Crippen LogP contribution in [0.1, 0.15) is 18.9 Å². The van der Waals surface area contributed by atoms with Gasteiger partial charge in [-0.3, -0.25) is 4.68 Å². The maximum atomic E-state index is 9.14. The van der Waals surface area contributed by atoms with E-state index in [4.69, 9.17) is 10.8 Å². The van der Waals surface area contributed by atoms with E-state index in [2.05, 4.69) is 5.10 Å². The molecule has 0 bridgehead atoms. The largest absolute Gasteiger partial charge is 0.396 e. The van der Waals surface area contributed by atoms with Gasteiger partial charge in [-0.25, -0.2) is 0 Å². The van der Waals surface area contributed by atoms with Crippen LogP contribution in [0.2, 0.25) is 0 Å². The third-order valence-electron chi connectivity index (χ3n) is 3.00. The first-order valence-corrected chi connectivity index (χ1v) is 4.60. The van der Waals surface area contributed by atoms with Crippen molar-refractivity contribution in [3.8, 4) is 0 Å². The lowest BCUT2D eigenvalue weighted by Crippen LogP contribution is -2.46. The molecular weight excluding hydrogens is 166 g/mol. The van der Waals surface area contributed by atoms with E-state index in [1.807, 2.05) is 16.9 Å². The average Bonchev–Trinajstić information content (AvgIpc) is 2.57. The molecule has 13 heavy (non-hydrogen) atoms. The second kappa shape index (κ2) is 3.12. The number of aliphatic hydroxyl groups excluding tert-OH is 1. The van der Waals surface area contributed by atoms with Crippen molar-refractivity contribution in [2.75, 3.05) is 13.2 Å². The number of hydrogen-bond acceptors (Lipinski definition) is 3. The molecule has 1 fully saturated rings. The molecule has 72 valence electrons. The van der Waals surface area contributed by atoms with Crippen LogP contribution < -0.4 is 5.73 Å². The molecule has 0 aliphatic heterocycles. The fourth-order valence-corrected chi connectivity index (χ4v) is 1.98. The van der Waals surface area contributed by atoms with Crippen molar-refractivity contribution in [1.82, 2.24) is 9.78 Å². The highest BCUT2D eigenvalue weighted by molar-refractivity contribution is 4.98. The molecule has 0 amide bonds. The third-order valence-corrected chi connectivity index (χ3v) is 3.00. The standard InChI is InChI=1S/C9H15N3O/c10-6-9(7-13)4-8(5-9)12-3-1-2-11-12/h1-3,8,13H,4-7,10H2. The summed E-state index contributed by atoms with van der Waals surface area (Å²) in [5, 5.41) is 13.3.